The van der Waals surface area contributed by atoms with E-state index in [-0.39, 0.29) is 13.2 Å². The summed E-state index contributed by atoms with van der Waals surface area (Å²) in [4.78, 5) is 11.7. The van der Waals surface area contributed by atoms with Crippen LogP contribution in [-0.4, -0.2) is 44.4 Å². The van der Waals surface area contributed by atoms with Crippen molar-refractivity contribution < 1.29 is 14.9 Å². The van der Waals surface area contributed by atoms with Crippen LogP contribution in [0.4, 0.5) is 5.82 Å². The van der Waals surface area contributed by atoms with E-state index in [9.17, 15) is 5.11 Å². The van der Waals surface area contributed by atoms with E-state index in [1.165, 1.54) is 0 Å². The average molecular weight is 423 g/mol. The van der Waals surface area contributed by atoms with Crippen molar-refractivity contribution in [3.8, 4) is 5.88 Å². The van der Waals surface area contributed by atoms with Crippen LogP contribution in [0.5, 0.6) is 5.88 Å². The number of anilines is 1. The Kier molecular flexibility index (Phi) is 7.11. The molecule has 2 atom stereocenters. The topological polar surface area (TPSA) is 103 Å². The zero-order valence-electron chi connectivity index (χ0n) is 14.8. The molecule has 0 fully saturated rings. The largest absolute Gasteiger partial charge is 0.466 e. The van der Waals surface area contributed by atoms with Crippen molar-refractivity contribution in [2.24, 2.45) is 0 Å². The molecule has 0 spiro atoms. The molecule has 0 radical (unpaired) electrons. The number of imidazole rings is 1. The lowest BCUT2D eigenvalue weighted by molar-refractivity contribution is 0.105. The van der Waals surface area contributed by atoms with Crippen LogP contribution in [0.2, 0.25) is 10.0 Å². The predicted molar refractivity (Wildman–Crippen MR) is 108 cm³/mol. The SMILES string of the molecule is OCC(O)CNc1cccc(OC(Cc2cc(Cl)cc(Cl)c2)c2ncc[nH]2)n1. The van der Waals surface area contributed by atoms with Gasteiger partial charge in [0.15, 0.2) is 6.10 Å². The fourth-order valence-corrected chi connectivity index (χ4v) is 3.17. The summed E-state index contributed by atoms with van der Waals surface area (Å²) in [6.45, 7) is -0.151. The molecule has 9 heteroatoms. The molecule has 1 aromatic carbocycles. The second-order valence-corrected chi connectivity index (χ2v) is 7.01. The Labute approximate surface area is 172 Å². The molecule has 0 aliphatic heterocycles. The average Bonchev–Trinajstić information content (AvgIpc) is 3.20. The first kappa shape index (κ1) is 20.4. The van der Waals surface area contributed by atoms with Crippen molar-refractivity contribution >= 4 is 29.0 Å². The highest BCUT2D eigenvalue weighted by Crippen LogP contribution is 2.26. The van der Waals surface area contributed by atoms with Crippen molar-refractivity contribution in [2.75, 3.05) is 18.5 Å². The Bertz CT molecular complexity index is 872. The van der Waals surface area contributed by atoms with Gasteiger partial charge in [-0.3, -0.25) is 0 Å². The highest BCUT2D eigenvalue weighted by atomic mass is 35.5. The van der Waals surface area contributed by atoms with Gasteiger partial charge in [-0.05, 0) is 29.8 Å². The smallest absolute Gasteiger partial charge is 0.215 e. The van der Waals surface area contributed by atoms with Crippen LogP contribution in [0.1, 0.15) is 17.5 Å². The Morgan fingerprint density at radius 2 is 1.96 bits per heavy atom. The summed E-state index contributed by atoms with van der Waals surface area (Å²) in [7, 11) is 0. The highest BCUT2D eigenvalue weighted by molar-refractivity contribution is 6.34. The molecule has 0 saturated carbocycles. The van der Waals surface area contributed by atoms with Gasteiger partial charge >= 0.3 is 0 Å². The molecule has 3 rings (SSSR count). The number of benzene rings is 1. The molecule has 0 aliphatic carbocycles. The third-order valence-corrected chi connectivity index (χ3v) is 4.32. The number of halogens is 2. The monoisotopic (exact) mass is 422 g/mol. The molecule has 7 nitrogen and oxygen atoms in total. The van der Waals surface area contributed by atoms with E-state index in [4.69, 9.17) is 33.0 Å². The second-order valence-electron chi connectivity index (χ2n) is 6.14. The van der Waals surface area contributed by atoms with Crippen LogP contribution in [0.25, 0.3) is 0 Å². The Morgan fingerprint density at radius 3 is 2.64 bits per heavy atom. The Hall–Kier alpha value is -2.32. The molecule has 0 saturated heterocycles. The Balaban J connectivity index is 1.77. The van der Waals surface area contributed by atoms with Gasteiger partial charge in [0.1, 0.15) is 11.6 Å². The minimum absolute atomic E-state index is 0.176. The summed E-state index contributed by atoms with van der Waals surface area (Å²) in [6.07, 6.45) is 2.55. The number of H-pyrrole nitrogens is 1. The van der Waals surface area contributed by atoms with E-state index in [1.54, 1.807) is 36.7 Å². The number of ether oxygens (including phenoxy) is 1. The maximum atomic E-state index is 9.46. The summed E-state index contributed by atoms with van der Waals surface area (Å²) in [5.41, 5.74) is 0.902. The van der Waals surface area contributed by atoms with Crippen molar-refractivity contribution in [2.45, 2.75) is 18.6 Å². The van der Waals surface area contributed by atoms with Crippen LogP contribution in [0.3, 0.4) is 0 Å². The number of pyridine rings is 1. The van der Waals surface area contributed by atoms with E-state index in [0.29, 0.717) is 34.0 Å². The number of aromatic amines is 1. The third kappa shape index (κ3) is 5.84. The first-order valence-electron chi connectivity index (χ1n) is 8.64. The molecule has 28 heavy (non-hydrogen) atoms. The van der Waals surface area contributed by atoms with Gasteiger partial charge in [-0.1, -0.05) is 29.3 Å². The zero-order chi connectivity index (χ0) is 19.9. The molecule has 2 unspecified atom stereocenters. The normalized spacial score (nSPS) is 13.1. The van der Waals surface area contributed by atoms with Crippen LogP contribution in [0.15, 0.2) is 48.8 Å². The maximum Gasteiger partial charge on any atom is 0.215 e. The molecular formula is C19H20Cl2N4O3. The summed E-state index contributed by atoms with van der Waals surface area (Å²) in [5.74, 6) is 1.55. The second kappa shape index (κ2) is 9.75. The minimum atomic E-state index is -0.866. The number of aliphatic hydroxyl groups is 2. The standard InChI is InChI=1S/C19H20Cl2N4O3/c20-13-6-12(7-14(21)9-13)8-16(19-22-4-5-23-19)28-18-3-1-2-17(25-18)24-10-15(27)11-26/h1-7,9,15-16,26-27H,8,10-11H2,(H,22,23)(H,24,25). The minimum Gasteiger partial charge on any atom is -0.466 e. The van der Waals surface area contributed by atoms with Crippen LogP contribution < -0.4 is 10.1 Å². The third-order valence-electron chi connectivity index (χ3n) is 3.88. The van der Waals surface area contributed by atoms with Gasteiger partial charge in [0.25, 0.3) is 0 Å². The first-order chi connectivity index (χ1) is 13.5. The van der Waals surface area contributed by atoms with Gasteiger partial charge in [-0.25, -0.2) is 4.98 Å². The van der Waals surface area contributed by atoms with E-state index in [2.05, 4.69) is 20.3 Å². The summed E-state index contributed by atoms with van der Waals surface area (Å²) in [6, 6.07) is 10.6. The number of nitrogens with zero attached hydrogens (tertiary/aromatic N) is 2. The number of aliphatic hydroxyl groups excluding tert-OH is 2. The summed E-state index contributed by atoms with van der Waals surface area (Å²) >= 11 is 12.2. The van der Waals surface area contributed by atoms with Gasteiger partial charge in [-0.15, -0.1) is 0 Å². The molecule has 0 amide bonds. The zero-order valence-corrected chi connectivity index (χ0v) is 16.4. The predicted octanol–water partition coefficient (Wildman–Crippen LogP) is 3.24. The molecule has 0 bridgehead atoms. The number of hydrogen-bond donors (Lipinski definition) is 4. The molecule has 148 valence electrons. The molecule has 4 N–H and O–H groups in total. The van der Waals surface area contributed by atoms with Gasteiger partial charge in [0.2, 0.25) is 5.88 Å². The molecule has 3 aromatic rings. The van der Waals surface area contributed by atoms with Gasteiger partial charge in [0, 0.05) is 41.5 Å². The van der Waals surface area contributed by atoms with Crippen LogP contribution in [-0.2, 0) is 6.42 Å². The lowest BCUT2D eigenvalue weighted by atomic mass is 10.1. The van der Waals surface area contributed by atoms with Crippen molar-refractivity contribution in [3.05, 3.63) is 70.2 Å². The quantitative estimate of drug-likeness (QED) is 0.422. The molecular weight excluding hydrogens is 403 g/mol. The van der Waals surface area contributed by atoms with Gasteiger partial charge in [0.05, 0.1) is 12.7 Å². The maximum absolute atomic E-state index is 9.46. The fourth-order valence-electron chi connectivity index (χ4n) is 2.60. The summed E-state index contributed by atoms with van der Waals surface area (Å²) < 4.78 is 6.07. The van der Waals surface area contributed by atoms with Crippen LogP contribution in [0, 0.1) is 0 Å². The number of nitrogens with one attached hydrogen (secondary N) is 2. The number of rotatable bonds is 9. The van der Waals surface area contributed by atoms with E-state index >= 15 is 0 Å². The molecule has 2 heterocycles. The van der Waals surface area contributed by atoms with Crippen molar-refractivity contribution in [3.63, 3.8) is 0 Å². The fraction of sp³-hybridized carbons (Fsp3) is 0.263. The molecule has 0 aliphatic rings. The van der Waals surface area contributed by atoms with E-state index in [0.717, 1.165) is 5.56 Å². The van der Waals surface area contributed by atoms with Crippen molar-refractivity contribution in [1.29, 1.82) is 0 Å². The number of hydrogen-bond acceptors (Lipinski definition) is 6. The first-order valence-corrected chi connectivity index (χ1v) is 9.40. The van der Waals surface area contributed by atoms with Crippen LogP contribution >= 0.6 is 23.2 Å². The highest BCUT2D eigenvalue weighted by Gasteiger charge is 2.18. The van der Waals surface area contributed by atoms with Gasteiger partial charge < -0.3 is 25.3 Å². The van der Waals surface area contributed by atoms with Gasteiger partial charge in [-0.2, -0.15) is 4.98 Å². The summed E-state index contributed by atoms with van der Waals surface area (Å²) in [5, 5.41) is 22.4. The number of aromatic nitrogens is 3. The van der Waals surface area contributed by atoms with E-state index < -0.39 is 12.2 Å². The van der Waals surface area contributed by atoms with Crippen molar-refractivity contribution in [1.82, 2.24) is 15.0 Å². The lowest BCUT2D eigenvalue weighted by Crippen LogP contribution is -2.23. The van der Waals surface area contributed by atoms with E-state index in [1.807, 2.05) is 12.1 Å². The lowest BCUT2D eigenvalue weighted by Gasteiger charge is -2.18. The Morgan fingerprint density at radius 1 is 1.18 bits per heavy atom. The molecule has 2 aromatic heterocycles.